The van der Waals surface area contributed by atoms with E-state index in [2.05, 4.69) is 28.2 Å². The van der Waals surface area contributed by atoms with E-state index in [9.17, 15) is 4.79 Å². The van der Waals surface area contributed by atoms with Crippen LogP contribution < -0.4 is 0 Å². The molecule has 0 radical (unpaired) electrons. The first-order chi connectivity index (χ1) is 9.63. The summed E-state index contributed by atoms with van der Waals surface area (Å²) in [4.78, 5) is 18.2. The minimum atomic E-state index is -0.995. The SMILES string of the molecule is Cc1nc(C(=O)O)c(Cc2ccc3ccccc3c2)[nH]1. The Labute approximate surface area is 116 Å². The number of rotatable bonds is 3. The maximum Gasteiger partial charge on any atom is 0.356 e. The van der Waals surface area contributed by atoms with Crippen LogP contribution in [0.1, 0.15) is 27.6 Å². The highest BCUT2D eigenvalue weighted by molar-refractivity contribution is 5.87. The lowest BCUT2D eigenvalue weighted by Gasteiger charge is -2.03. The number of nitrogens with zero attached hydrogens (tertiary/aromatic N) is 1. The van der Waals surface area contributed by atoms with Crippen LogP contribution in [0.2, 0.25) is 0 Å². The van der Waals surface area contributed by atoms with Crippen LogP contribution in [-0.2, 0) is 6.42 Å². The Balaban J connectivity index is 1.99. The van der Waals surface area contributed by atoms with Crippen LogP contribution in [0.15, 0.2) is 42.5 Å². The van der Waals surface area contributed by atoms with E-state index < -0.39 is 5.97 Å². The van der Waals surface area contributed by atoms with Crippen molar-refractivity contribution in [1.82, 2.24) is 9.97 Å². The first-order valence-electron chi connectivity index (χ1n) is 6.40. The van der Waals surface area contributed by atoms with Gasteiger partial charge in [0.1, 0.15) is 5.82 Å². The second kappa shape index (κ2) is 4.81. The summed E-state index contributed by atoms with van der Waals surface area (Å²) in [6, 6.07) is 14.3. The van der Waals surface area contributed by atoms with Gasteiger partial charge in [0.05, 0.1) is 5.69 Å². The number of H-pyrrole nitrogens is 1. The summed E-state index contributed by atoms with van der Waals surface area (Å²) in [5.74, 6) is -0.372. The van der Waals surface area contributed by atoms with Crippen LogP contribution in [0.25, 0.3) is 10.8 Å². The van der Waals surface area contributed by atoms with Gasteiger partial charge in [0.2, 0.25) is 0 Å². The molecule has 0 atom stereocenters. The molecular weight excluding hydrogens is 252 g/mol. The van der Waals surface area contributed by atoms with Crippen molar-refractivity contribution in [2.24, 2.45) is 0 Å². The van der Waals surface area contributed by atoms with Gasteiger partial charge in [0.15, 0.2) is 5.69 Å². The molecule has 1 aromatic heterocycles. The van der Waals surface area contributed by atoms with Crippen molar-refractivity contribution in [3.8, 4) is 0 Å². The monoisotopic (exact) mass is 266 g/mol. The number of imidazole rings is 1. The van der Waals surface area contributed by atoms with E-state index in [0.29, 0.717) is 17.9 Å². The average Bonchev–Trinajstić information content (AvgIpc) is 2.80. The van der Waals surface area contributed by atoms with Gasteiger partial charge >= 0.3 is 5.97 Å². The molecule has 2 aromatic carbocycles. The molecule has 0 bridgehead atoms. The number of hydrogen-bond donors (Lipinski definition) is 2. The Bertz CT molecular complexity index is 790. The summed E-state index contributed by atoms with van der Waals surface area (Å²) >= 11 is 0. The minimum Gasteiger partial charge on any atom is -0.476 e. The number of aromatic carboxylic acids is 1. The van der Waals surface area contributed by atoms with Crippen molar-refractivity contribution >= 4 is 16.7 Å². The number of carboxylic acids is 1. The normalized spacial score (nSPS) is 10.8. The van der Waals surface area contributed by atoms with Crippen LogP contribution in [0, 0.1) is 6.92 Å². The van der Waals surface area contributed by atoms with Gasteiger partial charge in [0.25, 0.3) is 0 Å². The van der Waals surface area contributed by atoms with Crippen LogP contribution >= 0.6 is 0 Å². The van der Waals surface area contributed by atoms with E-state index in [1.807, 2.05) is 24.3 Å². The first-order valence-corrected chi connectivity index (χ1v) is 6.40. The zero-order chi connectivity index (χ0) is 14.1. The lowest BCUT2D eigenvalue weighted by molar-refractivity contribution is 0.0690. The van der Waals surface area contributed by atoms with Crippen LogP contribution in [0.5, 0.6) is 0 Å². The molecule has 0 aliphatic rings. The largest absolute Gasteiger partial charge is 0.476 e. The fraction of sp³-hybridized carbons (Fsp3) is 0.125. The summed E-state index contributed by atoms with van der Waals surface area (Å²) in [7, 11) is 0. The number of benzene rings is 2. The molecule has 0 saturated carbocycles. The molecule has 0 spiro atoms. The molecular formula is C16H14N2O2. The molecule has 0 saturated heterocycles. The van der Waals surface area contributed by atoms with Crippen molar-refractivity contribution in [2.75, 3.05) is 0 Å². The standard InChI is InChI=1S/C16H14N2O2/c1-10-17-14(15(18-10)16(19)20)9-11-6-7-12-4-2-3-5-13(12)8-11/h2-8H,9H2,1H3,(H,17,18)(H,19,20). The predicted molar refractivity (Wildman–Crippen MR) is 77.0 cm³/mol. The lowest BCUT2D eigenvalue weighted by atomic mass is 10.0. The van der Waals surface area contributed by atoms with Gasteiger partial charge in [-0.25, -0.2) is 9.78 Å². The van der Waals surface area contributed by atoms with E-state index in [1.165, 1.54) is 5.39 Å². The first kappa shape index (κ1) is 12.4. The molecule has 3 rings (SSSR count). The summed E-state index contributed by atoms with van der Waals surface area (Å²) in [6.07, 6.45) is 0.535. The van der Waals surface area contributed by atoms with E-state index >= 15 is 0 Å². The van der Waals surface area contributed by atoms with Gasteiger partial charge in [0, 0.05) is 6.42 Å². The Morgan fingerprint density at radius 2 is 1.95 bits per heavy atom. The number of aromatic amines is 1. The van der Waals surface area contributed by atoms with Crippen molar-refractivity contribution < 1.29 is 9.90 Å². The zero-order valence-electron chi connectivity index (χ0n) is 11.1. The summed E-state index contributed by atoms with van der Waals surface area (Å²) in [6.45, 7) is 1.76. The topological polar surface area (TPSA) is 66.0 Å². The smallest absolute Gasteiger partial charge is 0.356 e. The van der Waals surface area contributed by atoms with Gasteiger partial charge in [-0.3, -0.25) is 0 Å². The van der Waals surface area contributed by atoms with Gasteiger partial charge in [-0.05, 0) is 23.3 Å². The molecule has 0 aliphatic heterocycles. The van der Waals surface area contributed by atoms with Crippen molar-refractivity contribution in [3.05, 3.63) is 65.2 Å². The molecule has 100 valence electrons. The van der Waals surface area contributed by atoms with Crippen molar-refractivity contribution in [2.45, 2.75) is 13.3 Å². The quantitative estimate of drug-likeness (QED) is 0.765. The number of hydrogen-bond acceptors (Lipinski definition) is 2. The number of aryl methyl sites for hydroxylation is 1. The number of fused-ring (bicyclic) bond motifs is 1. The summed E-state index contributed by atoms with van der Waals surface area (Å²) in [5, 5.41) is 11.5. The molecule has 0 amide bonds. The maximum absolute atomic E-state index is 11.2. The van der Waals surface area contributed by atoms with Gasteiger partial charge in [-0.1, -0.05) is 42.5 Å². The van der Waals surface area contributed by atoms with E-state index in [4.69, 9.17) is 5.11 Å². The molecule has 2 N–H and O–H groups in total. The fourth-order valence-electron chi connectivity index (χ4n) is 2.40. The second-order valence-corrected chi connectivity index (χ2v) is 4.81. The lowest BCUT2D eigenvalue weighted by Crippen LogP contribution is -2.02. The van der Waals surface area contributed by atoms with Gasteiger partial charge < -0.3 is 10.1 Å². The average molecular weight is 266 g/mol. The predicted octanol–water partition coefficient (Wildman–Crippen LogP) is 3.16. The third-order valence-corrected chi connectivity index (χ3v) is 3.29. The summed E-state index contributed by atoms with van der Waals surface area (Å²) in [5.41, 5.74) is 1.82. The van der Waals surface area contributed by atoms with E-state index in [-0.39, 0.29) is 5.69 Å². The maximum atomic E-state index is 11.2. The highest BCUT2D eigenvalue weighted by atomic mass is 16.4. The molecule has 20 heavy (non-hydrogen) atoms. The number of carboxylic acid groups (broad SMARTS) is 1. The Kier molecular flexibility index (Phi) is 2.99. The van der Waals surface area contributed by atoms with Gasteiger partial charge in [-0.2, -0.15) is 0 Å². The van der Waals surface area contributed by atoms with Gasteiger partial charge in [-0.15, -0.1) is 0 Å². The van der Waals surface area contributed by atoms with Crippen LogP contribution in [0.4, 0.5) is 0 Å². The Morgan fingerprint density at radius 3 is 2.70 bits per heavy atom. The highest BCUT2D eigenvalue weighted by Gasteiger charge is 2.15. The van der Waals surface area contributed by atoms with E-state index in [0.717, 1.165) is 10.9 Å². The third-order valence-electron chi connectivity index (χ3n) is 3.29. The number of carbonyl (C=O) groups is 1. The van der Waals surface area contributed by atoms with Crippen LogP contribution in [-0.4, -0.2) is 21.0 Å². The molecule has 0 unspecified atom stereocenters. The highest BCUT2D eigenvalue weighted by Crippen LogP contribution is 2.19. The fourth-order valence-corrected chi connectivity index (χ4v) is 2.40. The Morgan fingerprint density at radius 1 is 1.20 bits per heavy atom. The van der Waals surface area contributed by atoms with Crippen LogP contribution in [0.3, 0.4) is 0 Å². The molecule has 3 aromatic rings. The third kappa shape index (κ3) is 2.28. The summed E-state index contributed by atoms with van der Waals surface area (Å²) < 4.78 is 0. The second-order valence-electron chi connectivity index (χ2n) is 4.81. The molecule has 0 aliphatic carbocycles. The van der Waals surface area contributed by atoms with E-state index in [1.54, 1.807) is 6.92 Å². The van der Waals surface area contributed by atoms with Crippen molar-refractivity contribution in [1.29, 1.82) is 0 Å². The molecule has 1 heterocycles. The number of nitrogens with one attached hydrogen (secondary N) is 1. The zero-order valence-corrected chi connectivity index (χ0v) is 11.1. The number of aromatic nitrogens is 2. The Hall–Kier alpha value is -2.62. The molecule has 4 heteroatoms. The van der Waals surface area contributed by atoms with Crippen molar-refractivity contribution in [3.63, 3.8) is 0 Å². The minimum absolute atomic E-state index is 0.107. The molecule has 4 nitrogen and oxygen atoms in total. The molecule has 0 fully saturated rings.